The normalized spacial score (nSPS) is 19.0. The monoisotopic (exact) mass is 446 g/mol. The summed E-state index contributed by atoms with van der Waals surface area (Å²) in [4.78, 5) is 6.80. The van der Waals surface area contributed by atoms with Gasteiger partial charge in [0, 0.05) is 53.7 Å². The van der Waals surface area contributed by atoms with Gasteiger partial charge >= 0.3 is 0 Å². The first kappa shape index (κ1) is 21.2. The molecule has 0 atom stereocenters. The molecule has 0 spiro atoms. The van der Waals surface area contributed by atoms with Gasteiger partial charge in [0.1, 0.15) is 12.4 Å². The third kappa shape index (κ3) is 4.31. The van der Waals surface area contributed by atoms with E-state index in [-0.39, 0.29) is 0 Å². The highest BCUT2D eigenvalue weighted by Gasteiger charge is 2.33. The Morgan fingerprint density at radius 1 is 1.03 bits per heavy atom. The first-order valence-corrected chi connectivity index (χ1v) is 11.6. The summed E-state index contributed by atoms with van der Waals surface area (Å²) in [6.45, 7) is 3.26. The summed E-state index contributed by atoms with van der Waals surface area (Å²) in [7, 11) is 0. The fourth-order valence-electron chi connectivity index (χ4n) is 4.71. The van der Waals surface area contributed by atoms with Crippen molar-refractivity contribution in [2.75, 3.05) is 19.6 Å². The molecule has 4 nitrogen and oxygen atoms in total. The van der Waals surface area contributed by atoms with Crippen LogP contribution in [0.3, 0.4) is 0 Å². The van der Waals surface area contributed by atoms with Crippen molar-refractivity contribution in [1.82, 2.24) is 9.88 Å². The number of para-hydroxylation sites is 1. The SMILES string of the molecule is OC1(c2ccc(Cl)cc2)CCN(CC/C=C2\c3cnccc3COc3ccccc32)CC1. The average molecular weight is 447 g/mol. The van der Waals surface area contributed by atoms with Crippen LogP contribution in [0.2, 0.25) is 5.02 Å². The largest absolute Gasteiger partial charge is 0.488 e. The molecule has 164 valence electrons. The van der Waals surface area contributed by atoms with E-state index in [2.05, 4.69) is 28.1 Å². The lowest BCUT2D eigenvalue weighted by Gasteiger charge is -2.38. The summed E-state index contributed by atoms with van der Waals surface area (Å²) in [5.41, 5.74) is 4.82. The van der Waals surface area contributed by atoms with Crippen LogP contribution in [0, 0.1) is 0 Å². The number of pyridine rings is 1. The Kier molecular flexibility index (Phi) is 6.01. The van der Waals surface area contributed by atoms with Crippen LogP contribution in [-0.2, 0) is 12.2 Å². The lowest BCUT2D eigenvalue weighted by molar-refractivity contribution is -0.0254. The van der Waals surface area contributed by atoms with Crippen LogP contribution in [0.5, 0.6) is 5.75 Å². The molecule has 3 aromatic rings. The summed E-state index contributed by atoms with van der Waals surface area (Å²) in [6.07, 6.45) is 8.47. The van der Waals surface area contributed by atoms with Crippen LogP contribution < -0.4 is 4.74 Å². The Morgan fingerprint density at radius 2 is 1.81 bits per heavy atom. The Hall–Kier alpha value is -2.66. The minimum Gasteiger partial charge on any atom is -0.488 e. The number of piperidine rings is 1. The second kappa shape index (κ2) is 9.07. The molecular formula is C27H27ClN2O2. The zero-order chi connectivity index (χ0) is 22.0. The molecule has 1 fully saturated rings. The number of ether oxygens (including phenoxy) is 1. The zero-order valence-corrected chi connectivity index (χ0v) is 18.8. The average Bonchev–Trinajstić information content (AvgIpc) is 2.98. The van der Waals surface area contributed by atoms with Crippen molar-refractivity contribution in [2.24, 2.45) is 0 Å². The quantitative estimate of drug-likeness (QED) is 0.580. The molecule has 0 saturated carbocycles. The molecule has 5 heteroatoms. The molecule has 0 unspecified atom stereocenters. The van der Waals surface area contributed by atoms with E-state index in [9.17, 15) is 5.11 Å². The highest BCUT2D eigenvalue weighted by Crippen LogP contribution is 2.37. The van der Waals surface area contributed by atoms with Crippen LogP contribution in [0.25, 0.3) is 5.57 Å². The van der Waals surface area contributed by atoms with E-state index in [1.54, 1.807) is 0 Å². The van der Waals surface area contributed by atoms with Crippen LogP contribution in [-0.4, -0.2) is 34.6 Å². The molecule has 2 aromatic carbocycles. The van der Waals surface area contributed by atoms with E-state index in [0.717, 1.165) is 66.9 Å². The van der Waals surface area contributed by atoms with Gasteiger partial charge in [0.15, 0.2) is 0 Å². The van der Waals surface area contributed by atoms with E-state index in [1.807, 2.05) is 54.9 Å². The second-order valence-electron chi connectivity index (χ2n) is 8.60. The molecule has 0 radical (unpaired) electrons. The minimum atomic E-state index is -0.762. The summed E-state index contributed by atoms with van der Waals surface area (Å²) < 4.78 is 6.06. The molecule has 0 bridgehead atoms. The van der Waals surface area contributed by atoms with Crippen molar-refractivity contribution in [3.63, 3.8) is 0 Å². The molecule has 1 aromatic heterocycles. The lowest BCUT2D eigenvalue weighted by Crippen LogP contribution is -2.42. The van der Waals surface area contributed by atoms with Gasteiger partial charge in [-0.1, -0.05) is 48.0 Å². The van der Waals surface area contributed by atoms with Gasteiger partial charge in [-0.15, -0.1) is 0 Å². The number of aromatic nitrogens is 1. The molecule has 0 amide bonds. The van der Waals surface area contributed by atoms with E-state index in [0.29, 0.717) is 11.6 Å². The molecule has 5 rings (SSSR count). The number of benzene rings is 2. The zero-order valence-electron chi connectivity index (χ0n) is 18.0. The Balaban J connectivity index is 1.28. The van der Waals surface area contributed by atoms with Gasteiger partial charge in [-0.25, -0.2) is 0 Å². The molecule has 3 heterocycles. The van der Waals surface area contributed by atoms with E-state index in [4.69, 9.17) is 16.3 Å². The summed E-state index contributed by atoms with van der Waals surface area (Å²) in [6, 6.07) is 17.9. The van der Waals surface area contributed by atoms with Crippen LogP contribution in [0.15, 0.2) is 73.1 Å². The van der Waals surface area contributed by atoms with Crippen molar-refractivity contribution in [3.8, 4) is 5.75 Å². The minimum absolute atomic E-state index is 0.557. The topological polar surface area (TPSA) is 45.6 Å². The molecule has 1 saturated heterocycles. The number of halogens is 1. The highest BCUT2D eigenvalue weighted by molar-refractivity contribution is 6.30. The summed E-state index contributed by atoms with van der Waals surface area (Å²) in [5.74, 6) is 0.918. The fraction of sp³-hybridized carbons (Fsp3) is 0.296. The highest BCUT2D eigenvalue weighted by atomic mass is 35.5. The van der Waals surface area contributed by atoms with Crippen LogP contribution in [0.1, 0.15) is 41.5 Å². The third-order valence-corrected chi connectivity index (χ3v) is 6.87. The van der Waals surface area contributed by atoms with E-state index in [1.165, 1.54) is 5.57 Å². The number of likely N-dealkylation sites (tertiary alicyclic amines) is 1. The first-order valence-electron chi connectivity index (χ1n) is 11.2. The Labute approximate surface area is 194 Å². The second-order valence-corrected chi connectivity index (χ2v) is 9.04. The number of nitrogens with zero attached hydrogens (tertiary/aromatic N) is 2. The van der Waals surface area contributed by atoms with Gasteiger partial charge in [-0.2, -0.15) is 0 Å². The van der Waals surface area contributed by atoms with Gasteiger partial charge in [0.2, 0.25) is 0 Å². The smallest absolute Gasteiger partial charge is 0.127 e. The van der Waals surface area contributed by atoms with Crippen LogP contribution in [0.4, 0.5) is 0 Å². The van der Waals surface area contributed by atoms with Gasteiger partial charge in [0.05, 0.1) is 5.60 Å². The maximum absolute atomic E-state index is 11.1. The Morgan fingerprint density at radius 3 is 2.62 bits per heavy atom. The molecular weight excluding hydrogens is 420 g/mol. The predicted molar refractivity (Wildman–Crippen MR) is 128 cm³/mol. The Bertz CT molecular complexity index is 1070. The van der Waals surface area contributed by atoms with Crippen LogP contribution >= 0.6 is 11.6 Å². The van der Waals surface area contributed by atoms with Gasteiger partial charge in [-0.05, 0) is 54.7 Å². The summed E-state index contributed by atoms with van der Waals surface area (Å²) in [5, 5.41) is 11.8. The number of aliphatic hydroxyl groups is 1. The molecule has 32 heavy (non-hydrogen) atoms. The van der Waals surface area contributed by atoms with Gasteiger partial charge in [0.25, 0.3) is 0 Å². The third-order valence-electron chi connectivity index (χ3n) is 6.62. The summed E-state index contributed by atoms with van der Waals surface area (Å²) >= 11 is 6.01. The van der Waals surface area contributed by atoms with Gasteiger partial charge in [-0.3, -0.25) is 4.98 Å². The maximum Gasteiger partial charge on any atom is 0.127 e. The molecule has 2 aliphatic heterocycles. The van der Waals surface area contributed by atoms with Crippen molar-refractivity contribution < 1.29 is 9.84 Å². The maximum atomic E-state index is 11.1. The van der Waals surface area contributed by atoms with Crippen molar-refractivity contribution >= 4 is 17.2 Å². The van der Waals surface area contributed by atoms with E-state index < -0.39 is 5.60 Å². The van der Waals surface area contributed by atoms with Crippen molar-refractivity contribution in [3.05, 3.63) is 100 Å². The number of rotatable bonds is 4. The molecule has 2 aliphatic rings. The first-order chi connectivity index (χ1) is 15.6. The number of hydrogen-bond donors (Lipinski definition) is 1. The number of fused-ring (bicyclic) bond motifs is 2. The fourth-order valence-corrected chi connectivity index (χ4v) is 4.84. The van der Waals surface area contributed by atoms with Crippen molar-refractivity contribution in [2.45, 2.75) is 31.5 Å². The predicted octanol–water partition coefficient (Wildman–Crippen LogP) is 5.43. The molecule has 0 aliphatic carbocycles. The van der Waals surface area contributed by atoms with E-state index >= 15 is 0 Å². The lowest BCUT2D eigenvalue weighted by atomic mass is 9.84. The number of hydrogen-bond acceptors (Lipinski definition) is 4. The molecule has 1 N–H and O–H groups in total. The van der Waals surface area contributed by atoms with Crippen molar-refractivity contribution in [1.29, 1.82) is 0 Å². The van der Waals surface area contributed by atoms with Gasteiger partial charge < -0.3 is 14.7 Å². The standard InChI is InChI=1S/C27H27ClN2O2/c28-22-9-7-21(8-10-22)27(31)12-16-30(17-13-27)15-3-5-23-24-4-1-2-6-26(24)32-19-20-11-14-29-18-25(20)23/h1-2,4-11,14,18,31H,3,12-13,15-17,19H2/b23-5-.